The van der Waals surface area contributed by atoms with E-state index in [1.54, 1.807) is 6.07 Å². The molecule has 1 N–H and O–H groups in total. The molecule has 1 aromatic heterocycles. The van der Waals surface area contributed by atoms with Gasteiger partial charge in [0.1, 0.15) is 0 Å². The van der Waals surface area contributed by atoms with Gasteiger partial charge in [0.15, 0.2) is 0 Å². The molecule has 1 heterocycles. The first-order valence-electron chi connectivity index (χ1n) is 4.46. The molecule has 0 unspecified atom stereocenters. The molecule has 1 aromatic carbocycles. The summed E-state index contributed by atoms with van der Waals surface area (Å²) in [7, 11) is 0. The van der Waals surface area contributed by atoms with Crippen LogP contribution in [0.4, 0.5) is 5.69 Å². The van der Waals surface area contributed by atoms with Crippen LogP contribution in [0.25, 0.3) is 11.1 Å². The summed E-state index contributed by atoms with van der Waals surface area (Å²) in [4.78, 5) is 27.7. The highest BCUT2D eigenvalue weighted by Crippen LogP contribution is 2.20. The minimum Gasteiger partial charge on any atom is -0.313 e. The van der Waals surface area contributed by atoms with E-state index in [4.69, 9.17) is 0 Å². The van der Waals surface area contributed by atoms with Gasteiger partial charge in [-0.15, -0.1) is 0 Å². The molecule has 0 amide bonds. The lowest BCUT2D eigenvalue weighted by Crippen LogP contribution is -2.08. The number of non-ortho nitro benzene ring substituents is 1. The zero-order valence-corrected chi connectivity index (χ0v) is 8.08. The third kappa shape index (κ3) is 1.81. The minimum atomic E-state index is -0.506. The first kappa shape index (κ1) is 10.0. The number of nitrogens with zero attached hydrogens (tertiary/aromatic N) is 2. The van der Waals surface area contributed by atoms with Crippen molar-refractivity contribution in [1.29, 1.82) is 0 Å². The van der Waals surface area contributed by atoms with Gasteiger partial charge in [-0.25, -0.2) is 4.98 Å². The molecule has 2 aromatic rings. The number of nitrogens with one attached hydrogen (secondary N) is 1. The average Bonchev–Trinajstić information content (AvgIpc) is 2.30. The number of hydrogen-bond acceptors (Lipinski definition) is 4. The van der Waals surface area contributed by atoms with Gasteiger partial charge in [0.25, 0.3) is 11.2 Å². The van der Waals surface area contributed by atoms with E-state index in [1.807, 2.05) is 0 Å². The Balaban J connectivity index is 2.57. The lowest BCUT2D eigenvalue weighted by Gasteiger charge is -1.98. The predicted molar refractivity (Wildman–Crippen MR) is 56.9 cm³/mol. The summed E-state index contributed by atoms with van der Waals surface area (Å²) in [5.74, 6) is 0. The van der Waals surface area contributed by atoms with Gasteiger partial charge in [-0.1, -0.05) is 12.1 Å². The van der Waals surface area contributed by atoms with E-state index < -0.39 is 4.92 Å². The quantitative estimate of drug-likeness (QED) is 0.607. The largest absolute Gasteiger partial charge is 0.313 e. The fourth-order valence-electron chi connectivity index (χ4n) is 1.34. The zero-order valence-electron chi connectivity index (χ0n) is 8.08. The predicted octanol–water partition coefficient (Wildman–Crippen LogP) is 1.35. The molecular formula is C10H7N3O3. The number of benzene rings is 1. The maximum atomic E-state index is 11.4. The summed E-state index contributed by atoms with van der Waals surface area (Å²) >= 11 is 0. The topological polar surface area (TPSA) is 88.9 Å². The van der Waals surface area contributed by atoms with Gasteiger partial charge in [0.2, 0.25) is 0 Å². The molecule has 0 saturated heterocycles. The standard InChI is InChI=1S/C10H7N3O3/c14-10-9(5-11-6-12-10)7-2-1-3-8(4-7)13(15)16/h1-6H,(H,11,12,14). The molecular weight excluding hydrogens is 210 g/mol. The highest BCUT2D eigenvalue weighted by Gasteiger charge is 2.09. The Morgan fingerprint density at radius 3 is 2.88 bits per heavy atom. The van der Waals surface area contributed by atoms with Gasteiger partial charge in [-0.05, 0) is 5.56 Å². The molecule has 0 spiro atoms. The van der Waals surface area contributed by atoms with E-state index in [0.29, 0.717) is 11.1 Å². The molecule has 0 aliphatic heterocycles. The van der Waals surface area contributed by atoms with Crippen molar-refractivity contribution in [3.8, 4) is 11.1 Å². The zero-order chi connectivity index (χ0) is 11.5. The van der Waals surface area contributed by atoms with Crippen LogP contribution in [-0.2, 0) is 0 Å². The van der Waals surface area contributed by atoms with Crippen molar-refractivity contribution in [3.63, 3.8) is 0 Å². The van der Waals surface area contributed by atoms with Crippen LogP contribution < -0.4 is 5.56 Å². The monoisotopic (exact) mass is 217 g/mol. The van der Waals surface area contributed by atoms with Gasteiger partial charge in [-0.2, -0.15) is 0 Å². The number of aromatic nitrogens is 2. The fourth-order valence-corrected chi connectivity index (χ4v) is 1.34. The van der Waals surface area contributed by atoms with E-state index in [0.717, 1.165) is 0 Å². The lowest BCUT2D eigenvalue weighted by atomic mass is 10.1. The second kappa shape index (κ2) is 3.93. The Bertz CT molecular complexity index is 592. The van der Waals surface area contributed by atoms with Crippen molar-refractivity contribution >= 4 is 5.69 Å². The van der Waals surface area contributed by atoms with E-state index in [-0.39, 0.29) is 11.2 Å². The van der Waals surface area contributed by atoms with Crippen LogP contribution in [0.2, 0.25) is 0 Å². The summed E-state index contributed by atoms with van der Waals surface area (Å²) < 4.78 is 0. The molecule has 0 aliphatic rings. The molecule has 0 saturated carbocycles. The number of aromatic amines is 1. The molecule has 80 valence electrons. The molecule has 0 radical (unpaired) electrons. The van der Waals surface area contributed by atoms with Crippen LogP contribution >= 0.6 is 0 Å². The average molecular weight is 217 g/mol. The van der Waals surface area contributed by atoms with Gasteiger partial charge in [0, 0.05) is 18.3 Å². The van der Waals surface area contributed by atoms with E-state index in [2.05, 4.69) is 9.97 Å². The third-order valence-corrected chi connectivity index (χ3v) is 2.09. The molecule has 2 rings (SSSR count). The second-order valence-electron chi connectivity index (χ2n) is 3.10. The summed E-state index contributed by atoms with van der Waals surface area (Å²) in [6.07, 6.45) is 2.64. The SMILES string of the molecule is O=c1[nH]cncc1-c1cccc([N+](=O)[O-])c1. The Morgan fingerprint density at radius 2 is 2.19 bits per heavy atom. The van der Waals surface area contributed by atoms with E-state index >= 15 is 0 Å². The van der Waals surface area contributed by atoms with Crippen molar-refractivity contribution in [3.05, 3.63) is 57.3 Å². The Kier molecular flexibility index (Phi) is 2.47. The highest BCUT2D eigenvalue weighted by atomic mass is 16.6. The van der Waals surface area contributed by atoms with Crippen LogP contribution in [0, 0.1) is 10.1 Å². The van der Waals surface area contributed by atoms with Crippen molar-refractivity contribution in [1.82, 2.24) is 9.97 Å². The smallest absolute Gasteiger partial charge is 0.270 e. The fraction of sp³-hybridized carbons (Fsp3) is 0. The molecule has 0 fully saturated rings. The first-order valence-corrected chi connectivity index (χ1v) is 4.46. The number of nitro groups is 1. The van der Waals surface area contributed by atoms with Crippen LogP contribution in [0.1, 0.15) is 0 Å². The third-order valence-electron chi connectivity index (χ3n) is 2.09. The number of nitro benzene ring substituents is 1. The van der Waals surface area contributed by atoms with Crippen LogP contribution in [0.5, 0.6) is 0 Å². The van der Waals surface area contributed by atoms with Gasteiger partial charge < -0.3 is 4.98 Å². The van der Waals surface area contributed by atoms with E-state index in [9.17, 15) is 14.9 Å². The molecule has 0 atom stereocenters. The summed E-state index contributed by atoms with van der Waals surface area (Å²) in [5, 5.41) is 10.6. The molecule has 6 heteroatoms. The Hall–Kier alpha value is -2.50. The number of H-pyrrole nitrogens is 1. The van der Waals surface area contributed by atoms with Gasteiger partial charge in [-0.3, -0.25) is 14.9 Å². The Labute approximate surface area is 89.7 Å². The van der Waals surface area contributed by atoms with Gasteiger partial charge in [0.05, 0.1) is 16.8 Å². The minimum absolute atomic E-state index is 0.0549. The van der Waals surface area contributed by atoms with Crippen molar-refractivity contribution < 1.29 is 4.92 Å². The second-order valence-corrected chi connectivity index (χ2v) is 3.10. The van der Waals surface area contributed by atoms with Crippen LogP contribution in [0.15, 0.2) is 41.6 Å². The van der Waals surface area contributed by atoms with Crippen LogP contribution in [-0.4, -0.2) is 14.9 Å². The van der Waals surface area contributed by atoms with Crippen molar-refractivity contribution in [2.75, 3.05) is 0 Å². The van der Waals surface area contributed by atoms with E-state index in [1.165, 1.54) is 30.7 Å². The first-order chi connectivity index (χ1) is 7.68. The maximum Gasteiger partial charge on any atom is 0.270 e. The lowest BCUT2D eigenvalue weighted by molar-refractivity contribution is -0.384. The molecule has 16 heavy (non-hydrogen) atoms. The summed E-state index contributed by atoms with van der Waals surface area (Å²) in [6.45, 7) is 0. The molecule has 0 aliphatic carbocycles. The van der Waals surface area contributed by atoms with Gasteiger partial charge >= 0.3 is 0 Å². The van der Waals surface area contributed by atoms with Crippen LogP contribution in [0.3, 0.4) is 0 Å². The highest BCUT2D eigenvalue weighted by molar-refractivity contribution is 5.64. The summed E-state index contributed by atoms with van der Waals surface area (Å²) in [5.41, 5.74) is 0.408. The Morgan fingerprint density at radius 1 is 1.38 bits per heavy atom. The normalized spacial score (nSPS) is 10.0. The molecule has 6 nitrogen and oxygen atoms in total. The van der Waals surface area contributed by atoms with Crippen molar-refractivity contribution in [2.24, 2.45) is 0 Å². The number of hydrogen-bond donors (Lipinski definition) is 1. The summed E-state index contributed by atoms with van der Waals surface area (Å²) in [6, 6.07) is 5.86. The maximum absolute atomic E-state index is 11.4. The number of rotatable bonds is 2. The van der Waals surface area contributed by atoms with Crippen molar-refractivity contribution in [2.45, 2.75) is 0 Å². The molecule has 0 bridgehead atoms.